The van der Waals surface area contributed by atoms with E-state index in [4.69, 9.17) is 4.74 Å². The van der Waals surface area contributed by atoms with Crippen LogP contribution in [0.25, 0.3) is 0 Å². The molecule has 6 nitrogen and oxygen atoms in total. The van der Waals surface area contributed by atoms with Crippen molar-refractivity contribution in [3.63, 3.8) is 0 Å². The Morgan fingerprint density at radius 3 is 2.91 bits per heavy atom. The van der Waals surface area contributed by atoms with Crippen molar-refractivity contribution in [2.45, 2.75) is 45.4 Å². The van der Waals surface area contributed by atoms with Gasteiger partial charge in [-0.1, -0.05) is 23.8 Å². The van der Waals surface area contributed by atoms with Crippen molar-refractivity contribution in [1.29, 1.82) is 0 Å². The van der Waals surface area contributed by atoms with Crippen molar-refractivity contribution >= 4 is 0 Å². The fourth-order valence-electron chi connectivity index (χ4n) is 3.34. The van der Waals surface area contributed by atoms with E-state index in [0.717, 1.165) is 32.1 Å². The quantitative estimate of drug-likeness (QED) is 0.866. The zero-order valence-corrected chi connectivity index (χ0v) is 13.8. The second-order valence-corrected chi connectivity index (χ2v) is 6.73. The van der Waals surface area contributed by atoms with E-state index in [1.165, 1.54) is 29.5 Å². The average Bonchev–Trinajstić information content (AvgIpc) is 3.28. The van der Waals surface area contributed by atoms with Crippen LogP contribution in [0.4, 0.5) is 0 Å². The summed E-state index contributed by atoms with van der Waals surface area (Å²) in [4.78, 5) is 2.40. The molecule has 0 radical (unpaired) electrons. The Bertz CT molecular complexity index is 694. The SMILES string of the molecule is Cc1ccc([C@H]2CN(Cc3nnnn3C3CC3)CCO2)c(C)c1. The first-order valence-electron chi connectivity index (χ1n) is 8.38. The van der Waals surface area contributed by atoms with Crippen LogP contribution < -0.4 is 0 Å². The number of ether oxygens (including phenoxy) is 1. The molecule has 2 aromatic rings. The van der Waals surface area contributed by atoms with Crippen molar-refractivity contribution in [3.8, 4) is 0 Å². The molecule has 122 valence electrons. The predicted octanol–water partition coefficient (Wildman–Crippen LogP) is 2.20. The smallest absolute Gasteiger partial charge is 0.165 e. The van der Waals surface area contributed by atoms with E-state index in [1.54, 1.807) is 0 Å². The van der Waals surface area contributed by atoms with E-state index < -0.39 is 0 Å². The molecule has 4 rings (SSSR count). The molecule has 6 heteroatoms. The number of aryl methyl sites for hydroxylation is 2. The minimum absolute atomic E-state index is 0.134. The van der Waals surface area contributed by atoms with Crippen LogP contribution >= 0.6 is 0 Å². The van der Waals surface area contributed by atoms with Gasteiger partial charge in [0.15, 0.2) is 5.82 Å². The molecule has 2 heterocycles. The first kappa shape index (κ1) is 14.8. The topological polar surface area (TPSA) is 56.1 Å². The predicted molar refractivity (Wildman–Crippen MR) is 86.0 cm³/mol. The van der Waals surface area contributed by atoms with Crippen molar-refractivity contribution in [3.05, 3.63) is 40.7 Å². The van der Waals surface area contributed by atoms with Gasteiger partial charge in [0.1, 0.15) is 0 Å². The second-order valence-electron chi connectivity index (χ2n) is 6.73. The molecule has 1 atom stereocenters. The van der Waals surface area contributed by atoms with Crippen LogP contribution in [0, 0.1) is 13.8 Å². The van der Waals surface area contributed by atoms with E-state index in [1.807, 2.05) is 4.68 Å². The normalized spacial score (nSPS) is 22.4. The van der Waals surface area contributed by atoms with Gasteiger partial charge in [0.05, 0.1) is 25.3 Å². The molecule has 0 N–H and O–H groups in total. The standard InChI is InChI=1S/C17H23N5O/c1-12-3-6-15(13(2)9-12)16-10-21(7-8-23-16)11-17-18-19-20-22(17)14-4-5-14/h3,6,9,14,16H,4-5,7-8,10-11H2,1-2H3/t16-/m1/s1. The number of rotatable bonds is 4. The van der Waals surface area contributed by atoms with Gasteiger partial charge in [-0.05, 0) is 48.2 Å². The van der Waals surface area contributed by atoms with Gasteiger partial charge >= 0.3 is 0 Å². The maximum atomic E-state index is 6.02. The molecule has 2 aliphatic rings. The lowest BCUT2D eigenvalue weighted by Crippen LogP contribution is -2.38. The van der Waals surface area contributed by atoms with Crippen molar-refractivity contribution in [2.75, 3.05) is 19.7 Å². The summed E-state index contributed by atoms with van der Waals surface area (Å²) in [5.74, 6) is 0.980. The Morgan fingerprint density at radius 1 is 1.26 bits per heavy atom. The Morgan fingerprint density at radius 2 is 2.13 bits per heavy atom. The molecular weight excluding hydrogens is 290 g/mol. The highest BCUT2D eigenvalue weighted by atomic mass is 16.5. The number of hydrogen-bond acceptors (Lipinski definition) is 5. The fraction of sp³-hybridized carbons (Fsp3) is 0.588. The van der Waals surface area contributed by atoms with Gasteiger partial charge in [-0.15, -0.1) is 5.10 Å². The van der Waals surface area contributed by atoms with Crippen molar-refractivity contribution < 1.29 is 4.74 Å². The lowest BCUT2D eigenvalue weighted by molar-refractivity contribution is -0.0343. The average molecular weight is 313 g/mol. The highest BCUT2D eigenvalue weighted by molar-refractivity contribution is 5.32. The Labute approximate surface area is 136 Å². The van der Waals surface area contributed by atoms with Crippen LogP contribution in [0.1, 0.15) is 47.5 Å². The summed E-state index contributed by atoms with van der Waals surface area (Å²) in [5.41, 5.74) is 3.89. The summed E-state index contributed by atoms with van der Waals surface area (Å²) in [6.45, 7) is 7.67. The molecule has 23 heavy (non-hydrogen) atoms. The van der Waals surface area contributed by atoms with Crippen LogP contribution in [-0.4, -0.2) is 44.8 Å². The fourth-order valence-corrected chi connectivity index (χ4v) is 3.34. The number of benzene rings is 1. The summed E-state index contributed by atoms with van der Waals surface area (Å²) in [6.07, 6.45) is 2.54. The van der Waals surface area contributed by atoms with Crippen LogP contribution in [0.2, 0.25) is 0 Å². The van der Waals surface area contributed by atoms with E-state index in [-0.39, 0.29) is 6.10 Å². The van der Waals surface area contributed by atoms with Gasteiger partial charge in [-0.25, -0.2) is 4.68 Å². The van der Waals surface area contributed by atoms with E-state index in [9.17, 15) is 0 Å². The third-order valence-corrected chi connectivity index (χ3v) is 4.74. The van der Waals surface area contributed by atoms with Gasteiger partial charge in [-0.2, -0.15) is 0 Å². The van der Waals surface area contributed by atoms with Crippen molar-refractivity contribution in [1.82, 2.24) is 25.1 Å². The van der Waals surface area contributed by atoms with Gasteiger partial charge < -0.3 is 4.74 Å². The Hall–Kier alpha value is -1.79. The number of nitrogens with zero attached hydrogens (tertiary/aromatic N) is 5. The van der Waals surface area contributed by atoms with E-state index in [0.29, 0.717) is 6.04 Å². The first-order chi connectivity index (χ1) is 11.2. The van der Waals surface area contributed by atoms with E-state index >= 15 is 0 Å². The molecule has 1 aliphatic heterocycles. The monoisotopic (exact) mass is 313 g/mol. The number of tetrazole rings is 1. The number of hydrogen-bond donors (Lipinski definition) is 0. The third kappa shape index (κ3) is 3.14. The van der Waals surface area contributed by atoms with Crippen molar-refractivity contribution in [2.24, 2.45) is 0 Å². The largest absolute Gasteiger partial charge is 0.371 e. The van der Waals surface area contributed by atoms with Gasteiger partial charge in [0, 0.05) is 13.1 Å². The highest BCUT2D eigenvalue weighted by Gasteiger charge is 2.30. The van der Waals surface area contributed by atoms with E-state index in [2.05, 4.69) is 52.5 Å². The molecule has 1 aromatic carbocycles. The maximum Gasteiger partial charge on any atom is 0.165 e. The minimum atomic E-state index is 0.134. The van der Waals surface area contributed by atoms with Gasteiger partial charge in [0.2, 0.25) is 0 Å². The molecule has 1 saturated carbocycles. The van der Waals surface area contributed by atoms with Crippen LogP contribution in [-0.2, 0) is 11.3 Å². The maximum absolute atomic E-state index is 6.02. The van der Waals surface area contributed by atoms with Crippen LogP contribution in [0.3, 0.4) is 0 Å². The summed E-state index contributed by atoms with van der Waals surface area (Å²) in [7, 11) is 0. The lowest BCUT2D eigenvalue weighted by atomic mass is 10.00. The highest BCUT2D eigenvalue weighted by Crippen LogP contribution is 2.34. The molecule has 1 aliphatic carbocycles. The molecule has 0 bridgehead atoms. The number of aromatic nitrogens is 4. The molecule has 1 aromatic heterocycles. The third-order valence-electron chi connectivity index (χ3n) is 4.74. The molecular formula is C17H23N5O. The Kier molecular flexibility index (Phi) is 3.87. The zero-order chi connectivity index (χ0) is 15.8. The first-order valence-corrected chi connectivity index (χ1v) is 8.38. The second kappa shape index (κ2) is 6.02. The van der Waals surface area contributed by atoms with Gasteiger partial charge in [-0.3, -0.25) is 4.90 Å². The molecule has 0 unspecified atom stereocenters. The molecule has 1 saturated heterocycles. The lowest BCUT2D eigenvalue weighted by Gasteiger charge is -2.33. The molecule has 2 fully saturated rings. The summed E-state index contributed by atoms with van der Waals surface area (Å²) in [6, 6.07) is 7.12. The molecule has 0 spiro atoms. The summed E-state index contributed by atoms with van der Waals surface area (Å²) >= 11 is 0. The van der Waals surface area contributed by atoms with Gasteiger partial charge in [0.25, 0.3) is 0 Å². The minimum Gasteiger partial charge on any atom is -0.371 e. The number of morpholine rings is 1. The summed E-state index contributed by atoms with van der Waals surface area (Å²) < 4.78 is 8.03. The zero-order valence-electron chi connectivity index (χ0n) is 13.8. The van der Waals surface area contributed by atoms with Crippen LogP contribution in [0.5, 0.6) is 0 Å². The Balaban J connectivity index is 1.47. The summed E-state index contributed by atoms with van der Waals surface area (Å²) in [5, 5.41) is 12.2. The van der Waals surface area contributed by atoms with Crippen LogP contribution in [0.15, 0.2) is 18.2 Å². The molecule has 0 amide bonds.